The lowest BCUT2D eigenvalue weighted by atomic mass is 10.1. The summed E-state index contributed by atoms with van der Waals surface area (Å²) in [4.78, 5) is 23.6. The Labute approximate surface area is 158 Å². The molecule has 0 aliphatic rings. The van der Waals surface area contributed by atoms with Gasteiger partial charge in [-0.1, -0.05) is 48.5 Å². The van der Waals surface area contributed by atoms with Crippen molar-refractivity contribution in [3.05, 3.63) is 71.8 Å². The summed E-state index contributed by atoms with van der Waals surface area (Å²) in [6.07, 6.45) is 3.64. The standard InChI is InChI=1S/C21H23N3O3/c1-16(14-17-8-4-3-5-9-17)23-24-21(26)15-22-20(25)13-12-18-10-6-7-11-19(18)27-2/h3-13H,14-15H2,1-2H3,(H,22,25)(H,24,26)/b13-12-,23-16-. The highest BCUT2D eigenvalue weighted by Gasteiger charge is 2.04. The lowest BCUT2D eigenvalue weighted by Crippen LogP contribution is -2.34. The molecule has 0 radical (unpaired) electrons. The average molecular weight is 365 g/mol. The van der Waals surface area contributed by atoms with E-state index in [-0.39, 0.29) is 18.4 Å². The normalized spacial score (nSPS) is 11.3. The number of ether oxygens (including phenoxy) is 1. The number of para-hydroxylation sites is 1. The first-order valence-corrected chi connectivity index (χ1v) is 8.53. The SMILES string of the molecule is COc1ccccc1/C=C\C(=O)NCC(=O)N/N=C(/C)Cc1ccccc1. The molecule has 0 heterocycles. The van der Waals surface area contributed by atoms with Crippen LogP contribution in [0.4, 0.5) is 0 Å². The van der Waals surface area contributed by atoms with Crippen LogP contribution >= 0.6 is 0 Å². The molecule has 2 aromatic rings. The third-order valence-electron chi connectivity index (χ3n) is 3.65. The van der Waals surface area contributed by atoms with Gasteiger partial charge in [0, 0.05) is 23.8 Å². The maximum Gasteiger partial charge on any atom is 0.259 e. The van der Waals surface area contributed by atoms with Crippen LogP contribution in [0.5, 0.6) is 5.75 Å². The highest BCUT2D eigenvalue weighted by molar-refractivity contribution is 5.94. The van der Waals surface area contributed by atoms with Crippen LogP contribution < -0.4 is 15.5 Å². The zero-order chi connectivity index (χ0) is 19.5. The zero-order valence-electron chi connectivity index (χ0n) is 15.4. The minimum atomic E-state index is -0.388. The largest absolute Gasteiger partial charge is 0.496 e. The summed E-state index contributed by atoms with van der Waals surface area (Å²) >= 11 is 0. The van der Waals surface area contributed by atoms with Crippen molar-refractivity contribution >= 4 is 23.6 Å². The molecule has 2 rings (SSSR count). The molecule has 0 aromatic heterocycles. The molecule has 2 aromatic carbocycles. The van der Waals surface area contributed by atoms with Crippen LogP contribution in [0.3, 0.4) is 0 Å². The van der Waals surface area contributed by atoms with Gasteiger partial charge in [0.25, 0.3) is 5.91 Å². The predicted octanol–water partition coefficient (Wildman–Crippen LogP) is 2.56. The van der Waals surface area contributed by atoms with Gasteiger partial charge in [0.05, 0.1) is 13.7 Å². The number of methoxy groups -OCH3 is 1. The maximum absolute atomic E-state index is 11.8. The number of amides is 2. The van der Waals surface area contributed by atoms with Crippen molar-refractivity contribution in [1.82, 2.24) is 10.7 Å². The van der Waals surface area contributed by atoms with E-state index in [0.717, 1.165) is 16.8 Å². The van der Waals surface area contributed by atoms with Gasteiger partial charge in [-0.25, -0.2) is 5.43 Å². The fourth-order valence-corrected chi connectivity index (χ4v) is 2.32. The van der Waals surface area contributed by atoms with Crippen LogP contribution in [0, 0.1) is 0 Å². The van der Waals surface area contributed by atoms with Gasteiger partial charge >= 0.3 is 0 Å². The van der Waals surface area contributed by atoms with Crippen molar-refractivity contribution in [2.75, 3.05) is 13.7 Å². The second-order valence-electron chi connectivity index (χ2n) is 5.84. The molecule has 0 spiro atoms. The Balaban J connectivity index is 1.77. The van der Waals surface area contributed by atoms with Crippen molar-refractivity contribution in [3.8, 4) is 5.75 Å². The molecule has 0 aliphatic carbocycles. The molecule has 0 unspecified atom stereocenters. The maximum atomic E-state index is 11.8. The first-order chi connectivity index (χ1) is 13.1. The first-order valence-electron chi connectivity index (χ1n) is 8.53. The van der Waals surface area contributed by atoms with E-state index in [0.29, 0.717) is 12.2 Å². The smallest absolute Gasteiger partial charge is 0.259 e. The second-order valence-corrected chi connectivity index (χ2v) is 5.84. The van der Waals surface area contributed by atoms with E-state index in [4.69, 9.17) is 4.74 Å². The Hall–Kier alpha value is -3.41. The highest BCUT2D eigenvalue weighted by atomic mass is 16.5. The Bertz CT molecular complexity index is 830. The molecule has 0 saturated carbocycles. The van der Waals surface area contributed by atoms with Crippen LogP contribution in [-0.4, -0.2) is 31.2 Å². The number of rotatable bonds is 8. The molecule has 2 N–H and O–H groups in total. The van der Waals surface area contributed by atoms with Crippen LogP contribution in [0.1, 0.15) is 18.1 Å². The summed E-state index contributed by atoms with van der Waals surface area (Å²) in [7, 11) is 1.57. The summed E-state index contributed by atoms with van der Waals surface area (Å²) < 4.78 is 5.21. The summed E-state index contributed by atoms with van der Waals surface area (Å²) in [5.74, 6) is -0.0926. The first kappa shape index (κ1) is 19.9. The van der Waals surface area contributed by atoms with Crippen LogP contribution in [-0.2, 0) is 16.0 Å². The number of benzene rings is 2. The van der Waals surface area contributed by atoms with Gasteiger partial charge in [0.2, 0.25) is 5.91 Å². The quantitative estimate of drug-likeness (QED) is 0.429. The number of nitrogens with zero attached hydrogens (tertiary/aromatic N) is 1. The lowest BCUT2D eigenvalue weighted by Gasteiger charge is -2.05. The molecule has 0 bridgehead atoms. The van der Waals surface area contributed by atoms with Gasteiger partial charge in [0.15, 0.2) is 0 Å². The van der Waals surface area contributed by atoms with Crippen molar-refractivity contribution in [3.63, 3.8) is 0 Å². The molecule has 27 heavy (non-hydrogen) atoms. The van der Waals surface area contributed by atoms with E-state index >= 15 is 0 Å². The molecule has 0 saturated heterocycles. The molecule has 0 atom stereocenters. The van der Waals surface area contributed by atoms with Crippen LogP contribution in [0.2, 0.25) is 0 Å². The lowest BCUT2D eigenvalue weighted by molar-refractivity contribution is -0.123. The fourth-order valence-electron chi connectivity index (χ4n) is 2.32. The van der Waals surface area contributed by atoms with Gasteiger partial charge in [0.1, 0.15) is 5.75 Å². The molecule has 6 heteroatoms. The highest BCUT2D eigenvalue weighted by Crippen LogP contribution is 2.18. The number of hydrogen-bond acceptors (Lipinski definition) is 4. The van der Waals surface area contributed by atoms with E-state index in [1.54, 1.807) is 19.3 Å². The van der Waals surface area contributed by atoms with Crippen molar-refractivity contribution in [1.29, 1.82) is 0 Å². The third kappa shape index (κ3) is 7.15. The molecule has 2 amide bonds. The average Bonchev–Trinajstić information content (AvgIpc) is 2.70. The second kappa shape index (κ2) is 10.6. The Morgan fingerprint density at radius 1 is 1.07 bits per heavy atom. The summed E-state index contributed by atoms with van der Waals surface area (Å²) in [6.45, 7) is 1.68. The van der Waals surface area contributed by atoms with E-state index in [2.05, 4.69) is 15.8 Å². The number of nitrogens with one attached hydrogen (secondary N) is 2. The van der Waals surface area contributed by atoms with Gasteiger partial charge in [-0.15, -0.1) is 0 Å². The van der Waals surface area contributed by atoms with Crippen LogP contribution in [0.15, 0.2) is 65.8 Å². The summed E-state index contributed by atoms with van der Waals surface area (Å²) in [6, 6.07) is 17.2. The van der Waals surface area contributed by atoms with Gasteiger partial charge in [-0.05, 0) is 24.6 Å². The number of hydrogen-bond donors (Lipinski definition) is 2. The Morgan fingerprint density at radius 2 is 1.78 bits per heavy atom. The zero-order valence-corrected chi connectivity index (χ0v) is 15.4. The van der Waals surface area contributed by atoms with Crippen molar-refractivity contribution < 1.29 is 14.3 Å². The van der Waals surface area contributed by atoms with E-state index < -0.39 is 0 Å². The van der Waals surface area contributed by atoms with Gasteiger partial charge in [-0.2, -0.15) is 5.10 Å². The van der Waals surface area contributed by atoms with E-state index in [1.165, 1.54) is 6.08 Å². The number of carbonyl (C=O) groups is 2. The molecular formula is C21H23N3O3. The topological polar surface area (TPSA) is 79.8 Å². The minimum absolute atomic E-state index is 0.156. The minimum Gasteiger partial charge on any atom is -0.496 e. The number of carbonyl (C=O) groups excluding carboxylic acids is 2. The van der Waals surface area contributed by atoms with Crippen molar-refractivity contribution in [2.24, 2.45) is 5.10 Å². The van der Waals surface area contributed by atoms with E-state index in [9.17, 15) is 9.59 Å². The molecule has 0 fully saturated rings. The molecule has 140 valence electrons. The Morgan fingerprint density at radius 3 is 2.52 bits per heavy atom. The monoisotopic (exact) mass is 365 g/mol. The van der Waals surface area contributed by atoms with Gasteiger partial charge in [-0.3, -0.25) is 9.59 Å². The summed E-state index contributed by atoms with van der Waals surface area (Å²) in [5, 5.41) is 6.56. The molecule has 6 nitrogen and oxygen atoms in total. The van der Waals surface area contributed by atoms with Crippen molar-refractivity contribution in [2.45, 2.75) is 13.3 Å². The molecule has 0 aliphatic heterocycles. The van der Waals surface area contributed by atoms with Gasteiger partial charge < -0.3 is 10.1 Å². The Kier molecular flexibility index (Phi) is 7.78. The third-order valence-corrected chi connectivity index (χ3v) is 3.65. The van der Waals surface area contributed by atoms with Crippen LogP contribution in [0.25, 0.3) is 6.08 Å². The summed E-state index contributed by atoms with van der Waals surface area (Å²) in [5.41, 5.74) is 5.11. The molecular weight excluding hydrogens is 342 g/mol. The predicted molar refractivity (Wildman–Crippen MR) is 106 cm³/mol. The number of hydrazone groups is 1. The fraction of sp³-hybridized carbons (Fsp3) is 0.190. The van der Waals surface area contributed by atoms with E-state index in [1.807, 2.05) is 55.5 Å².